The summed E-state index contributed by atoms with van der Waals surface area (Å²) in [5.41, 5.74) is 7.48. The molecule has 0 spiro atoms. The molecule has 0 fully saturated rings. The first-order valence-corrected chi connectivity index (χ1v) is 9.76. The number of thioether (sulfide) groups is 1. The fraction of sp³-hybridized carbons (Fsp3) is 0.200. The zero-order valence-corrected chi connectivity index (χ0v) is 16.7. The van der Waals surface area contributed by atoms with Crippen LogP contribution in [0.4, 0.5) is 4.39 Å². The number of pyridine rings is 1. The molecule has 7 nitrogen and oxygen atoms in total. The Hall–Kier alpha value is -3.20. The highest BCUT2D eigenvalue weighted by Crippen LogP contribution is 2.27. The first kappa shape index (κ1) is 20.5. The molecular weight excluding hydrogens is 395 g/mol. The van der Waals surface area contributed by atoms with E-state index in [0.717, 1.165) is 17.0 Å². The molecule has 0 radical (unpaired) electrons. The molecular formula is C20H19FN4O3S. The number of carbonyl (C=O) groups is 2. The summed E-state index contributed by atoms with van der Waals surface area (Å²) in [4.78, 5) is 28.8. The van der Waals surface area contributed by atoms with Crippen molar-refractivity contribution < 1.29 is 18.5 Å². The summed E-state index contributed by atoms with van der Waals surface area (Å²) in [6, 6.07) is 8.86. The Bertz CT molecular complexity index is 1000. The fourth-order valence-corrected chi connectivity index (χ4v) is 3.70. The number of nitrogens with zero attached hydrogens (tertiary/aromatic N) is 2. The van der Waals surface area contributed by atoms with E-state index in [4.69, 9.17) is 4.52 Å². The van der Waals surface area contributed by atoms with Crippen LogP contribution in [0, 0.1) is 19.7 Å². The molecule has 0 saturated carbocycles. The van der Waals surface area contributed by atoms with Crippen LogP contribution in [0.15, 0.2) is 52.1 Å². The minimum atomic E-state index is -0.480. The maximum Gasteiger partial charge on any atom is 0.272 e. The van der Waals surface area contributed by atoms with Gasteiger partial charge in [-0.25, -0.2) is 9.37 Å². The fourth-order valence-electron chi connectivity index (χ4n) is 2.55. The molecule has 9 heteroatoms. The number of hydrazine groups is 1. The normalized spacial score (nSPS) is 10.6. The quantitative estimate of drug-likeness (QED) is 0.475. The monoisotopic (exact) mass is 414 g/mol. The number of aromatic nitrogens is 2. The van der Waals surface area contributed by atoms with E-state index in [-0.39, 0.29) is 12.2 Å². The van der Waals surface area contributed by atoms with Gasteiger partial charge in [0.05, 0.1) is 17.7 Å². The van der Waals surface area contributed by atoms with E-state index in [1.807, 2.05) is 13.8 Å². The lowest BCUT2D eigenvalue weighted by atomic mass is 10.1. The first-order valence-electron chi connectivity index (χ1n) is 8.77. The molecule has 0 aliphatic carbocycles. The molecule has 0 aliphatic heterocycles. The number of halogens is 1. The summed E-state index contributed by atoms with van der Waals surface area (Å²) in [7, 11) is 0. The lowest BCUT2D eigenvalue weighted by molar-refractivity contribution is -0.121. The second-order valence-electron chi connectivity index (χ2n) is 6.25. The number of benzene rings is 1. The van der Waals surface area contributed by atoms with E-state index in [2.05, 4.69) is 21.0 Å². The molecule has 2 heterocycles. The third-order valence-electron chi connectivity index (χ3n) is 4.14. The van der Waals surface area contributed by atoms with E-state index in [9.17, 15) is 14.0 Å². The zero-order valence-electron chi connectivity index (χ0n) is 15.9. The Balaban J connectivity index is 1.59. The predicted octanol–water partition coefficient (Wildman–Crippen LogP) is 3.12. The van der Waals surface area contributed by atoms with Crippen LogP contribution in [0.25, 0.3) is 0 Å². The lowest BCUT2D eigenvalue weighted by Gasteiger charge is -2.10. The summed E-state index contributed by atoms with van der Waals surface area (Å²) in [6.45, 7) is 3.69. The molecule has 150 valence electrons. The van der Waals surface area contributed by atoms with Crippen molar-refractivity contribution in [3.8, 4) is 0 Å². The number of hydrogen-bond acceptors (Lipinski definition) is 6. The van der Waals surface area contributed by atoms with Crippen molar-refractivity contribution in [1.82, 2.24) is 21.0 Å². The van der Waals surface area contributed by atoms with E-state index in [1.54, 1.807) is 18.3 Å². The van der Waals surface area contributed by atoms with Gasteiger partial charge in [0.2, 0.25) is 5.91 Å². The van der Waals surface area contributed by atoms with Crippen molar-refractivity contribution in [2.75, 3.05) is 0 Å². The second-order valence-corrected chi connectivity index (χ2v) is 7.22. The molecule has 0 bridgehead atoms. The molecule has 3 rings (SSSR count). The van der Waals surface area contributed by atoms with Gasteiger partial charge < -0.3 is 4.52 Å². The maximum atomic E-state index is 12.9. The van der Waals surface area contributed by atoms with Crippen molar-refractivity contribution >= 4 is 23.6 Å². The van der Waals surface area contributed by atoms with Crippen molar-refractivity contribution in [3.05, 3.63) is 76.6 Å². The van der Waals surface area contributed by atoms with Gasteiger partial charge in [-0.3, -0.25) is 20.4 Å². The minimum absolute atomic E-state index is 0.0151. The van der Waals surface area contributed by atoms with Crippen molar-refractivity contribution in [3.63, 3.8) is 0 Å². The Kier molecular flexibility index (Phi) is 6.61. The molecule has 29 heavy (non-hydrogen) atoms. The SMILES string of the molecule is Cc1noc(C)c1CSc1ncccc1C(=O)NNC(=O)Cc1ccc(F)cc1. The molecule has 2 N–H and O–H groups in total. The molecule has 0 unspecified atom stereocenters. The van der Waals surface area contributed by atoms with Crippen LogP contribution in [0.2, 0.25) is 0 Å². The van der Waals surface area contributed by atoms with Gasteiger partial charge >= 0.3 is 0 Å². The van der Waals surface area contributed by atoms with Crippen LogP contribution in [0.5, 0.6) is 0 Å². The Morgan fingerprint density at radius 2 is 1.90 bits per heavy atom. The Morgan fingerprint density at radius 3 is 2.59 bits per heavy atom. The third-order valence-corrected chi connectivity index (χ3v) is 5.18. The second kappa shape index (κ2) is 9.33. The Morgan fingerprint density at radius 1 is 1.14 bits per heavy atom. The largest absolute Gasteiger partial charge is 0.361 e. The van der Waals surface area contributed by atoms with Crippen LogP contribution in [-0.2, 0) is 17.0 Å². The molecule has 3 aromatic rings. The van der Waals surface area contributed by atoms with Crippen molar-refractivity contribution in [2.45, 2.75) is 31.0 Å². The Labute approximate surface area is 171 Å². The number of carbonyl (C=O) groups excluding carboxylic acids is 2. The van der Waals surface area contributed by atoms with E-state index in [0.29, 0.717) is 21.9 Å². The lowest BCUT2D eigenvalue weighted by Crippen LogP contribution is -2.42. The van der Waals surface area contributed by atoms with Crippen LogP contribution in [-0.4, -0.2) is 22.0 Å². The highest BCUT2D eigenvalue weighted by Gasteiger charge is 2.16. The van der Waals surface area contributed by atoms with Crippen molar-refractivity contribution in [2.24, 2.45) is 0 Å². The van der Waals surface area contributed by atoms with Gasteiger partial charge in [0.25, 0.3) is 5.91 Å². The number of nitrogens with one attached hydrogen (secondary N) is 2. The summed E-state index contributed by atoms with van der Waals surface area (Å²) < 4.78 is 18.1. The zero-order chi connectivity index (χ0) is 20.8. The third kappa shape index (κ3) is 5.41. The number of rotatable bonds is 6. The van der Waals surface area contributed by atoms with Crippen molar-refractivity contribution in [1.29, 1.82) is 0 Å². The summed E-state index contributed by atoms with van der Waals surface area (Å²) in [5.74, 6) is 0.00583. The smallest absolute Gasteiger partial charge is 0.272 e. The van der Waals surface area contributed by atoms with Gasteiger partial charge in [0, 0.05) is 17.5 Å². The average Bonchev–Trinajstić information content (AvgIpc) is 3.04. The molecule has 0 saturated heterocycles. The average molecular weight is 414 g/mol. The van der Waals surface area contributed by atoms with Gasteiger partial charge in [0.1, 0.15) is 16.6 Å². The summed E-state index contributed by atoms with van der Waals surface area (Å²) in [6.07, 6.45) is 1.61. The highest BCUT2D eigenvalue weighted by atomic mass is 32.2. The van der Waals surface area contributed by atoms with Crippen LogP contribution < -0.4 is 10.9 Å². The molecule has 2 amide bonds. The number of hydrogen-bond donors (Lipinski definition) is 2. The van der Waals surface area contributed by atoms with E-state index < -0.39 is 11.8 Å². The van der Waals surface area contributed by atoms with E-state index >= 15 is 0 Å². The van der Waals surface area contributed by atoms with Crippen LogP contribution in [0.3, 0.4) is 0 Å². The topological polar surface area (TPSA) is 97.1 Å². The molecule has 1 aromatic carbocycles. The summed E-state index contributed by atoms with van der Waals surface area (Å²) >= 11 is 1.38. The van der Waals surface area contributed by atoms with Gasteiger partial charge in [-0.1, -0.05) is 17.3 Å². The molecule has 0 aliphatic rings. The van der Waals surface area contributed by atoms with Gasteiger partial charge in [0.15, 0.2) is 0 Å². The minimum Gasteiger partial charge on any atom is -0.361 e. The number of aryl methyl sites for hydroxylation is 2. The molecule has 2 aromatic heterocycles. The summed E-state index contributed by atoms with van der Waals surface area (Å²) in [5, 5.41) is 4.44. The van der Waals surface area contributed by atoms with E-state index in [1.165, 1.54) is 36.0 Å². The van der Waals surface area contributed by atoms with Crippen LogP contribution in [0.1, 0.15) is 32.9 Å². The maximum absolute atomic E-state index is 12.9. The number of amides is 2. The highest BCUT2D eigenvalue weighted by molar-refractivity contribution is 7.98. The van der Waals surface area contributed by atoms with Crippen LogP contribution >= 0.6 is 11.8 Å². The van der Waals surface area contributed by atoms with Gasteiger partial charge in [-0.05, 0) is 43.7 Å². The standard InChI is InChI=1S/C20H19FN4O3S/c1-12-17(13(2)28-25-12)11-29-20-16(4-3-9-22-20)19(27)24-23-18(26)10-14-5-7-15(21)8-6-14/h3-9H,10-11H2,1-2H3,(H,23,26)(H,24,27). The predicted molar refractivity (Wildman–Crippen MR) is 105 cm³/mol. The van der Waals surface area contributed by atoms with Gasteiger partial charge in [-0.2, -0.15) is 0 Å². The van der Waals surface area contributed by atoms with Gasteiger partial charge in [-0.15, -0.1) is 11.8 Å². The first-order chi connectivity index (χ1) is 13.9. The molecule has 0 atom stereocenters.